The molecule has 1 fully saturated rings. The molecule has 4 rings (SSSR count). The van der Waals surface area contributed by atoms with Crippen molar-refractivity contribution in [3.05, 3.63) is 64.1 Å². The van der Waals surface area contributed by atoms with Gasteiger partial charge < -0.3 is 14.6 Å². The molecule has 1 aromatic heterocycles. The number of benzene rings is 2. The third-order valence-electron chi connectivity index (χ3n) is 5.11. The number of rotatable bonds is 5. The number of hydrogen-bond donors (Lipinski definition) is 1. The van der Waals surface area contributed by atoms with Gasteiger partial charge in [-0.05, 0) is 24.3 Å². The second kappa shape index (κ2) is 8.73. The van der Waals surface area contributed by atoms with Gasteiger partial charge >= 0.3 is 5.76 Å². The molecule has 1 aliphatic rings. The molecule has 1 saturated heterocycles. The van der Waals surface area contributed by atoms with E-state index in [0.29, 0.717) is 48.0 Å². The number of anilines is 1. The second-order valence-electron chi connectivity index (χ2n) is 7.11. The molecule has 9 heteroatoms. The summed E-state index contributed by atoms with van der Waals surface area (Å²) < 4.78 is 6.53. The number of hydrogen-bond acceptors (Lipinski definition) is 5. The third-order valence-corrected chi connectivity index (χ3v) is 5.44. The fraction of sp³-hybridized carbons (Fsp3) is 0.286. The number of carbonyl (C=O) groups is 2. The largest absolute Gasteiger partial charge is 0.420 e. The summed E-state index contributed by atoms with van der Waals surface area (Å²) in [6.07, 6.45) is 0. The SMILES string of the molecule is O=C(CN1CCN(C(=O)Cn2c(=O)oc3ccccc32)CC1)Nc1ccccc1Cl. The highest BCUT2D eigenvalue weighted by Crippen LogP contribution is 2.20. The molecule has 2 amide bonds. The van der Waals surface area contributed by atoms with E-state index >= 15 is 0 Å². The molecular formula is C21H21ClN4O4. The zero-order valence-electron chi connectivity index (χ0n) is 16.2. The van der Waals surface area contributed by atoms with Crippen LogP contribution in [0.25, 0.3) is 11.1 Å². The molecule has 0 radical (unpaired) electrons. The van der Waals surface area contributed by atoms with Gasteiger partial charge in [0.1, 0.15) is 6.54 Å². The van der Waals surface area contributed by atoms with E-state index in [2.05, 4.69) is 5.32 Å². The standard InChI is InChI=1S/C21H21ClN4O4/c22-15-5-1-2-6-16(15)23-19(27)13-24-9-11-25(12-10-24)20(28)14-26-17-7-3-4-8-18(17)30-21(26)29/h1-8H,9-14H2,(H,23,27). The Morgan fingerprint density at radius 3 is 2.43 bits per heavy atom. The van der Waals surface area contributed by atoms with Crippen LogP contribution in [0.4, 0.5) is 5.69 Å². The summed E-state index contributed by atoms with van der Waals surface area (Å²) in [5, 5.41) is 3.29. The first-order chi connectivity index (χ1) is 14.5. The van der Waals surface area contributed by atoms with Crippen molar-refractivity contribution >= 4 is 40.2 Å². The van der Waals surface area contributed by atoms with E-state index in [9.17, 15) is 14.4 Å². The van der Waals surface area contributed by atoms with Crippen molar-refractivity contribution < 1.29 is 14.0 Å². The number of para-hydroxylation sites is 3. The molecule has 1 N–H and O–H groups in total. The average molecular weight is 429 g/mol. The van der Waals surface area contributed by atoms with Gasteiger partial charge in [-0.2, -0.15) is 0 Å². The minimum Gasteiger partial charge on any atom is -0.408 e. The molecule has 0 atom stereocenters. The van der Waals surface area contributed by atoms with Crippen LogP contribution in [-0.2, 0) is 16.1 Å². The number of piperazine rings is 1. The Kier molecular flexibility index (Phi) is 5.87. The van der Waals surface area contributed by atoms with Crippen molar-refractivity contribution in [3.8, 4) is 0 Å². The van der Waals surface area contributed by atoms with Crippen molar-refractivity contribution in [1.82, 2.24) is 14.4 Å². The van der Waals surface area contributed by atoms with Crippen molar-refractivity contribution in [2.75, 3.05) is 38.0 Å². The van der Waals surface area contributed by atoms with E-state index in [1.165, 1.54) is 4.57 Å². The normalized spacial score (nSPS) is 14.8. The lowest BCUT2D eigenvalue weighted by Crippen LogP contribution is -2.51. The fourth-order valence-corrected chi connectivity index (χ4v) is 3.69. The predicted octanol–water partition coefficient (Wildman–Crippen LogP) is 2.03. The topological polar surface area (TPSA) is 87.8 Å². The number of nitrogens with zero attached hydrogens (tertiary/aromatic N) is 3. The minimum atomic E-state index is -0.542. The molecule has 0 spiro atoms. The molecule has 0 saturated carbocycles. The highest BCUT2D eigenvalue weighted by Gasteiger charge is 2.24. The van der Waals surface area contributed by atoms with Crippen LogP contribution in [0.3, 0.4) is 0 Å². The zero-order chi connectivity index (χ0) is 21.1. The number of fused-ring (bicyclic) bond motifs is 1. The molecule has 2 aromatic carbocycles. The summed E-state index contributed by atoms with van der Waals surface area (Å²) in [6.45, 7) is 2.28. The fourth-order valence-electron chi connectivity index (χ4n) is 3.51. The summed E-state index contributed by atoms with van der Waals surface area (Å²) in [6, 6.07) is 14.1. The van der Waals surface area contributed by atoms with E-state index in [0.717, 1.165) is 0 Å². The number of carbonyl (C=O) groups excluding carboxylic acids is 2. The van der Waals surface area contributed by atoms with E-state index in [4.69, 9.17) is 16.0 Å². The maximum absolute atomic E-state index is 12.7. The van der Waals surface area contributed by atoms with Crippen LogP contribution in [0.15, 0.2) is 57.7 Å². The van der Waals surface area contributed by atoms with E-state index in [1.807, 2.05) is 4.90 Å². The monoisotopic (exact) mass is 428 g/mol. The molecule has 2 heterocycles. The molecular weight excluding hydrogens is 408 g/mol. The van der Waals surface area contributed by atoms with Crippen LogP contribution in [0.2, 0.25) is 5.02 Å². The highest BCUT2D eigenvalue weighted by molar-refractivity contribution is 6.33. The van der Waals surface area contributed by atoms with Gasteiger partial charge in [-0.3, -0.25) is 19.1 Å². The molecule has 0 unspecified atom stereocenters. The van der Waals surface area contributed by atoms with Crippen LogP contribution >= 0.6 is 11.6 Å². The molecule has 3 aromatic rings. The zero-order valence-corrected chi connectivity index (χ0v) is 17.0. The Hall–Kier alpha value is -3.10. The van der Waals surface area contributed by atoms with Crippen LogP contribution in [0, 0.1) is 0 Å². The first-order valence-electron chi connectivity index (χ1n) is 9.64. The van der Waals surface area contributed by atoms with Gasteiger partial charge in [-0.1, -0.05) is 35.9 Å². The molecule has 30 heavy (non-hydrogen) atoms. The van der Waals surface area contributed by atoms with Crippen molar-refractivity contribution in [2.45, 2.75) is 6.54 Å². The Labute approximate surface area is 177 Å². The van der Waals surface area contributed by atoms with Gasteiger partial charge in [-0.25, -0.2) is 4.79 Å². The number of oxazole rings is 1. The van der Waals surface area contributed by atoms with Gasteiger partial charge in [0.05, 0.1) is 22.8 Å². The van der Waals surface area contributed by atoms with Crippen molar-refractivity contribution in [1.29, 1.82) is 0 Å². The molecule has 1 aliphatic heterocycles. The Bertz CT molecular complexity index is 1130. The summed E-state index contributed by atoms with van der Waals surface area (Å²) in [4.78, 5) is 40.7. The highest BCUT2D eigenvalue weighted by atomic mass is 35.5. The van der Waals surface area contributed by atoms with Crippen molar-refractivity contribution in [2.24, 2.45) is 0 Å². The predicted molar refractivity (Wildman–Crippen MR) is 114 cm³/mol. The average Bonchev–Trinajstić information content (AvgIpc) is 3.05. The first-order valence-corrected chi connectivity index (χ1v) is 10.0. The summed E-state index contributed by atoms with van der Waals surface area (Å²) in [5.41, 5.74) is 1.64. The number of nitrogens with one attached hydrogen (secondary N) is 1. The number of amides is 2. The van der Waals surface area contributed by atoms with Crippen LogP contribution < -0.4 is 11.1 Å². The van der Waals surface area contributed by atoms with Crippen LogP contribution in [-0.4, -0.2) is 58.9 Å². The van der Waals surface area contributed by atoms with Gasteiger partial charge in [0.15, 0.2) is 5.58 Å². The summed E-state index contributed by atoms with van der Waals surface area (Å²) in [7, 11) is 0. The Balaban J connectivity index is 1.30. The van der Waals surface area contributed by atoms with Gasteiger partial charge in [0.25, 0.3) is 0 Å². The lowest BCUT2D eigenvalue weighted by Gasteiger charge is -2.34. The summed E-state index contributed by atoms with van der Waals surface area (Å²) in [5.74, 6) is -0.845. The van der Waals surface area contributed by atoms with Crippen LogP contribution in [0.5, 0.6) is 0 Å². The maximum atomic E-state index is 12.7. The third kappa shape index (κ3) is 4.39. The second-order valence-corrected chi connectivity index (χ2v) is 7.51. The maximum Gasteiger partial charge on any atom is 0.420 e. The first kappa shape index (κ1) is 20.2. The number of halogens is 1. The molecule has 156 valence electrons. The molecule has 0 aliphatic carbocycles. The van der Waals surface area contributed by atoms with E-state index in [-0.39, 0.29) is 24.9 Å². The van der Waals surface area contributed by atoms with E-state index < -0.39 is 5.76 Å². The van der Waals surface area contributed by atoms with Gasteiger partial charge in [0.2, 0.25) is 11.8 Å². The van der Waals surface area contributed by atoms with Crippen LogP contribution in [0.1, 0.15) is 0 Å². The number of aromatic nitrogens is 1. The quantitative estimate of drug-likeness (QED) is 0.671. The van der Waals surface area contributed by atoms with Gasteiger partial charge in [0, 0.05) is 26.2 Å². The van der Waals surface area contributed by atoms with Crippen molar-refractivity contribution in [3.63, 3.8) is 0 Å². The van der Waals surface area contributed by atoms with E-state index in [1.54, 1.807) is 53.4 Å². The van der Waals surface area contributed by atoms with Gasteiger partial charge in [-0.15, -0.1) is 0 Å². The molecule has 0 bridgehead atoms. The Morgan fingerprint density at radius 1 is 0.967 bits per heavy atom. The summed E-state index contributed by atoms with van der Waals surface area (Å²) >= 11 is 6.07. The lowest BCUT2D eigenvalue weighted by molar-refractivity contribution is -0.133. The minimum absolute atomic E-state index is 0.0666. The molecule has 8 nitrogen and oxygen atoms in total. The Morgan fingerprint density at radius 2 is 1.67 bits per heavy atom. The lowest BCUT2D eigenvalue weighted by atomic mass is 10.3. The smallest absolute Gasteiger partial charge is 0.408 e.